The van der Waals surface area contributed by atoms with Gasteiger partial charge in [-0.15, -0.1) is 0 Å². The average Bonchev–Trinajstić information content (AvgIpc) is 2.43. The Balaban J connectivity index is 3.03. The second-order valence-electron chi connectivity index (χ2n) is 4.73. The van der Waals surface area contributed by atoms with E-state index in [1.807, 2.05) is 13.8 Å². The number of hydrogen-bond acceptors (Lipinski definition) is 3. The summed E-state index contributed by atoms with van der Waals surface area (Å²) in [7, 11) is -2.27. The largest absolute Gasteiger partial charge is 0.313 e. The Labute approximate surface area is 121 Å². The number of nitrogens with zero attached hydrogens (tertiary/aromatic N) is 1. The van der Waals surface area contributed by atoms with Crippen LogP contribution in [-0.2, 0) is 16.6 Å². The summed E-state index contributed by atoms with van der Waals surface area (Å²) in [5.74, 6) is -0.700. The molecule has 0 heterocycles. The summed E-state index contributed by atoms with van der Waals surface area (Å²) < 4.78 is 39.8. The van der Waals surface area contributed by atoms with E-state index < -0.39 is 15.8 Å². The molecule has 6 heteroatoms. The van der Waals surface area contributed by atoms with Crippen molar-refractivity contribution in [1.82, 2.24) is 9.62 Å². The zero-order valence-electron chi connectivity index (χ0n) is 12.3. The molecule has 0 radical (unpaired) electrons. The topological polar surface area (TPSA) is 49.4 Å². The number of sulfonamides is 1. The Morgan fingerprint density at radius 3 is 2.60 bits per heavy atom. The van der Waals surface area contributed by atoms with Gasteiger partial charge in [0.25, 0.3) is 0 Å². The van der Waals surface area contributed by atoms with Crippen molar-refractivity contribution in [2.45, 2.75) is 38.1 Å². The van der Waals surface area contributed by atoms with E-state index in [2.05, 4.69) is 5.32 Å². The highest BCUT2D eigenvalue weighted by Gasteiger charge is 2.24. The van der Waals surface area contributed by atoms with Gasteiger partial charge in [0, 0.05) is 20.1 Å². The lowest BCUT2D eigenvalue weighted by Gasteiger charge is -2.17. The van der Waals surface area contributed by atoms with E-state index in [0.29, 0.717) is 13.1 Å². The van der Waals surface area contributed by atoms with Gasteiger partial charge in [-0.1, -0.05) is 26.3 Å². The van der Waals surface area contributed by atoms with Crippen LogP contribution in [0.25, 0.3) is 0 Å². The van der Waals surface area contributed by atoms with Crippen LogP contribution in [-0.4, -0.2) is 32.9 Å². The van der Waals surface area contributed by atoms with E-state index >= 15 is 0 Å². The second-order valence-corrected chi connectivity index (χ2v) is 6.74. The maximum absolute atomic E-state index is 13.8. The average molecular weight is 302 g/mol. The van der Waals surface area contributed by atoms with E-state index in [0.717, 1.165) is 24.9 Å². The second kappa shape index (κ2) is 7.71. The molecule has 0 amide bonds. The fraction of sp³-hybridized carbons (Fsp3) is 0.571. The van der Waals surface area contributed by atoms with Crippen LogP contribution in [0.4, 0.5) is 4.39 Å². The van der Waals surface area contributed by atoms with Crippen molar-refractivity contribution in [3.63, 3.8) is 0 Å². The third kappa shape index (κ3) is 4.26. The van der Waals surface area contributed by atoms with Gasteiger partial charge in [-0.25, -0.2) is 17.1 Å². The molecule has 0 aliphatic carbocycles. The lowest BCUT2D eigenvalue weighted by molar-refractivity contribution is 0.453. The minimum atomic E-state index is -3.76. The number of nitrogens with one attached hydrogen (secondary N) is 1. The van der Waals surface area contributed by atoms with Crippen molar-refractivity contribution >= 4 is 10.0 Å². The molecule has 1 rings (SSSR count). The van der Waals surface area contributed by atoms with E-state index in [1.54, 1.807) is 6.07 Å². The molecule has 0 aromatic heterocycles. The van der Waals surface area contributed by atoms with Crippen LogP contribution in [0.3, 0.4) is 0 Å². The normalized spacial score (nSPS) is 12.1. The van der Waals surface area contributed by atoms with Crippen LogP contribution in [0.5, 0.6) is 0 Å². The number of halogens is 1. The van der Waals surface area contributed by atoms with Crippen molar-refractivity contribution in [2.24, 2.45) is 0 Å². The minimum absolute atomic E-state index is 0.244. The quantitative estimate of drug-likeness (QED) is 0.802. The van der Waals surface area contributed by atoms with Crippen molar-refractivity contribution in [1.29, 1.82) is 0 Å². The molecule has 0 aliphatic heterocycles. The molecule has 0 saturated carbocycles. The van der Waals surface area contributed by atoms with Crippen molar-refractivity contribution in [2.75, 3.05) is 20.1 Å². The molecular formula is C14H23FN2O2S. The Bertz CT molecular complexity index is 532. The predicted octanol–water partition coefficient (Wildman–Crippen LogP) is 2.36. The molecule has 4 nitrogen and oxygen atoms in total. The van der Waals surface area contributed by atoms with Gasteiger partial charge >= 0.3 is 0 Å². The summed E-state index contributed by atoms with van der Waals surface area (Å²) in [5, 5.41) is 3.10. The van der Waals surface area contributed by atoms with Gasteiger partial charge in [0.15, 0.2) is 0 Å². The zero-order chi connectivity index (χ0) is 15.2. The molecule has 0 bridgehead atoms. The lowest BCUT2D eigenvalue weighted by atomic mass is 10.2. The monoisotopic (exact) mass is 302 g/mol. The summed E-state index contributed by atoms with van der Waals surface area (Å²) in [5.41, 5.74) is 0.760. The van der Waals surface area contributed by atoms with Crippen LogP contribution in [0, 0.1) is 5.82 Å². The molecule has 20 heavy (non-hydrogen) atoms. The first-order valence-corrected chi connectivity index (χ1v) is 8.33. The molecule has 114 valence electrons. The van der Waals surface area contributed by atoms with E-state index in [4.69, 9.17) is 0 Å². The molecule has 1 aromatic rings. The van der Waals surface area contributed by atoms with Gasteiger partial charge in [-0.2, -0.15) is 0 Å². The molecule has 0 unspecified atom stereocenters. The first-order chi connectivity index (χ1) is 9.43. The van der Waals surface area contributed by atoms with Crippen LogP contribution in [0.15, 0.2) is 23.1 Å². The summed E-state index contributed by atoms with van der Waals surface area (Å²) in [6, 6.07) is 4.23. The fourth-order valence-corrected chi connectivity index (χ4v) is 3.11. The molecule has 0 aliphatic rings. The number of benzene rings is 1. The van der Waals surface area contributed by atoms with Gasteiger partial charge < -0.3 is 5.32 Å². The molecule has 0 atom stereocenters. The van der Waals surface area contributed by atoms with Crippen molar-refractivity contribution in [3.8, 4) is 0 Å². The number of unbranched alkanes of at least 4 members (excludes halogenated alkanes) is 1. The highest BCUT2D eigenvalue weighted by Crippen LogP contribution is 2.20. The number of rotatable bonds is 8. The van der Waals surface area contributed by atoms with Crippen LogP contribution in [0.1, 0.15) is 32.3 Å². The molecular weight excluding hydrogens is 279 g/mol. The van der Waals surface area contributed by atoms with Crippen molar-refractivity contribution in [3.05, 3.63) is 29.6 Å². The maximum atomic E-state index is 13.8. The highest BCUT2D eigenvalue weighted by atomic mass is 32.2. The third-order valence-electron chi connectivity index (χ3n) is 3.09. The van der Waals surface area contributed by atoms with Gasteiger partial charge in [0.05, 0.1) is 0 Å². The molecule has 0 spiro atoms. The molecule has 0 fully saturated rings. The first-order valence-electron chi connectivity index (χ1n) is 6.89. The van der Waals surface area contributed by atoms with Gasteiger partial charge in [0.2, 0.25) is 10.0 Å². The zero-order valence-corrected chi connectivity index (χ0v) is 13.1. The van der Waals surface area contributed by atoms with E-state index in [1.165, 1.54) is 23.5 Å². The van der Waals surface area contributed by atoms with Crippen LogP contribution >= 0.6 is 0 Å². The Kier molecular flexibility index (Phi) is 6.58. The summed E-state index contributed by atoms with van der Waals surface area (Å²) in [6.07, 6.45) is 1.65. The SMILES string of the molecule is CCCCN(C)S(=O)(=O)c1cc(CNCC)ccc1F. The summed E-state index contributed by atoms with van der Waals surface area (Å²) in [6.45, 7) is 5.64. The lowest BCUT2D eigenvalue weighted by Crippen LogP contribution is -2.28. The van der Waals surface area contributed by atoms with E-state index in [-0.39, 0.29) is 4.90 Å². The van der Waals surface area contributed by atoms with Crippen LogP contribution in [0.2, 0.25) is 0 Å². The van der Waals surface area contributed by atoms with Gasteiger partial charge in [-0.05, 0) is 30.7 Å². The standard InChI is InChI=1S/C14H23FN2O2S/c1-4-6-9-17(3)20(18,19)14-10-12(11-16-5-2)7-8-13(14)15/h7-8,10,16H,4-6,9,11H2,1-3H3. The minimum Gasteiger partial charge on any atom is -0.313 e. The number of hydrogen-bond donors (Lipinski definition) is 1. The maximum Gasteiger partial charge on any atom is 0.245 e. The van der Waals surface area contributed by atoms with Crippen LogP contribution < -0.4 is 5.32 Å². The summed E-state index contributed by atoms with van der Waals surface area (Å²) >= 11 is 0. The van der Waals surface area contributed by atoms with Crippen molar-refractivity contribution < 1.29 is 12.8 Å². The third-order valence-corrected chi connectivity index (χ3v) is 4.96. The summed E-state index contributed by atoms with van der Waals surface area (Å²) in [4.78, 5) is -0.244. The molecule has 1 N–H and O–H groups in total. The fourth-order valence-electron chi connectivity index (χ4n) is 1.79. The van der Waals surface area contributed by atoms with Gasteiger partial charge in [0.1, 0.15) is 10.7 Å². The van der Waals surface area contributed by atoms with Gasteiger partial charge in [-0.3, -0.25) is 0 Å². The highest BCUT2D eigenvalue weighted by molar-refractivity contribution is 7.89. The first kappa shape index (κ1) is 17.1. The Morgan fingerprint density at radius 1 is 1.30 bits per heavy atom. The smallest absolute Gasteiger partial charge is 0.245 e. The molecule has 1 aromatic carbocycles. The Hall–Kier alpha value is -0.980. The van der Waals surface area contributed by atoms with E-state index in [9.17, 15) is 12.8 Å². The predicted molar refractivity (Wildman–Crippen MR) is 78.5 cm³/mol. The Morgan fingerprint density at radius 2 is 2.00 bits per heavy atom. The molecule has 0 saturated heterocycles.